The molecule has 0 spiro atoms. The summed E-state index contributed by atoms with van der Waals surface area (Å²) in [6.07, 6.45) is 0.258. The number of ether oxygens (including phenoxy) is 2. The van der Waals surface area contributed by atoms with Gasteiger partial charge in [-0.1, -0.05) is 66.7 Å². The van der Waals surface area contributed by atoms with Crippen molar-refractivity contribution in [2.45, 2.75) is 19.1 Å². The molecule has 1 amide bonds. The third-order valence-electron chi connectivity index (χ3n) is 5.21. The second-order valence-electron chi connectivity index (χ2n) is 7.56. The molecule has 0 bridgehead atoms. The number of nitrogens with one attached hydrogen (secondary N) is 1. The number of benzene rings is 3. The Balaban J connectivity index is 1.46. The van der Waals surface area contributed by atoms with Crippen LogP contribution in [0.5, 0.6) is 5.75 Å². The standard InChI is InChI=1S/C27H24N2O4/c1-32-27(31)25(29-26(30)24-15-14-21-11-5-6-13-23(21)28-24)17-20-10-7-12-22(16-20)33-18-19-8-3-2-4-9-19/h2-16,25H,17-18H2,1H3,(H,29,30)/t25-/m0/s1. The number of fused-ring (bicyclic) bond motifs is 1. The van der Waals surface area contributed by atoms with Gasteiger partial charge < -0.3 is 14.8 Å². The molecule has 166 valence electrons. The number of carbonyl (C=O) groups is 2. The van der Waals surface area contributed by atoms with E-state index in [1.54, 1.807) is 6.07 Å². The molecule has 1 heterocycles. The summed E-state index contributed by atoms with van der Waals surface area (Å²) in [6, 6.07) is 27.5. The third kappa shape index (κ3) is 5.74. The number of para-hydroxylation sites is 1. The van der Waals surface area contributed by atoms with Gasteiger partial charge in [-0.3, -0.25) is 4.79 Å². The Bertz CT molecular complexity index is 1260. The molecule has 6 nitrogen and oxygen atoms in total. The summed E-state index contributed by atoms with van der Waals surface area (Å²) in [5, 5.41) is 3.69. The Kier molecular flexibility index (Phi) is 6.95. The highest BCUT2D eigenvalue weighted by atomic mass is 16.5. The van der Waals surface area contributed by atoms with Gasteiger partial charge in [0.2, 0.25) is 0 Å². The fourth-order valence-corrected chi connectivity index (χ4v) is 3.50. The van der Waals surface area contributed by atoms with Crippen LogP contribution >= 0.6 is 0 Å². The van der Waals surface area contributed by atoms with Crippen molar-refractivity contribution in [1.29, 1.82) is 0 Å². The summed E-state index contributed by atoms with van der Waals surface area (Å²) in [4.78, 5) is 29.6. The van der Waals surface area contributed by atoms with Gasteiger partial charge >= 0.3 is 5.97 Å². The first-order valence-corrected chi connectivity index (χ1v) is 10.6. The van der Waals surface area contributed by atoms with Crippen molar-refractivity contribution < 1.29 is 19.1 Å². The topological polar surface area (TPSA) is 77.5 Å². The Morgan fingerprint density at radius 1 is 0.879 bits per heavy atom. The molecule has 0 aliphatic carbocycles. The molecule has 0 radical (unpaired) electrons. The Morgan fingerprint density at radius 2 is 1.64 bits per heavy atom. The van der Waals surface area contributed by atoms with Crippen LogP contribution in [0.1, 0.15) is 21.6 Å². The lowest BCUT2D eigenvalue weighted by Gasteiger charge is -2.17. The zero-order chi connectivity index (χ0) is 23.0. The number of rotatable bonds is 8. The molecule has 0 aliphatic heterocycles. The molecule has 1 atom stereocenters. The van der Waals surface area contributed by atoms with Gasteiger partial charge in [-0.05, 0) is 35.4 Å². The average molecular weight is 440 g/mol. The summed E-state index contributed by atoms with van der Waals surface area (Å²) in [5.41, 5.74) is 2.85. The predicted octanol–water partition coefficient (Wildman–Crippen LogP) is 4.33. The maximum absolute atomic E-state index is 12.8. The molecule has 0 aliphatic rings. The molecule has 3 aromatic carbocycles. The van der Waals surface area contributed by atoms with E-state index in [0.717, 1.165) is 16.5 Å². The molecule has 0 unspecified atom stereocenters. The van der Waals surface area contributed by atoms with Crippen LogP contribution in [0.15, 0.2) is 91.0 Å². The maximum Gasteiger partial charge on any atom is 0.328 e. The number of hydrogen-bond donors (Lipinski definition) is 1. The number of nitrogens with zero attached hydrogens (tertiary/aromatic N) is 1. The van der Waals surface area contributed by atoms with Crippen molar-refractivity contribution in [1.82, 2.24) is 10.3 Å². The van der Waals surface area contributed by atoms with Crippen molar-refractivity contribution in [2.75, 3.05) is 7.11 Å². The largest absolute Gasteiger partial charge is 0.489 e. The molecule has 1 N–H and O–H groups in total. The van der Waals surface area contributed by atoms with Crippen LogP contribution in [0.25, 0.3) is 10.9 Å². The summed E-state index contributed by atoms with van der Waals surface area (Å²) < 4.78 is 10.8. The number of amides is 1. The lowest BCUT2D eigenvalue weighted by Crippen LogP contribution is -2.43. The number of pyridine rings is 1. The van der Waals surface area contributed by atoms with Crippen LogP contribution in [0, 0.1) is 0 Å². The van der Waals surface area contributed by atoms with Crippen molar-refractivity contribution in [2.24, 2.45) is 0 Å². The molecule has 1 aromatic heterocycles. The fourth-order valence-electron chi connectivity index (χ4n) is 3.50. The first-order valence-electron chi connectivity index (χ1n) is 10.6. The monoisotopic (exact) mass is 440 g/mol. The quantitative estimate of drug-likeness (QED) is 0.413. The molecule has 0 saturated heterocycles. The third-order valence-corrected chi connectivity index (χ3v) is 5.21. The first-order chi connectivity index (χ1) is 16.1. The normalized spacial score (nSPS) is 11.5. The summed E-state index contributed by atoms with van der Waals surface area (Å²) in [5.74, 6) is -0.283. The van der Waals surface area contributed by atoms with Crippen LogP contribution < -0.4 is 10.1 Å². The van der Waals surface area contributed by atoms with Gasteiger partial charge in [0.1, 0.15) is 24.1 Å². The van der Waals surface area contributed by atoms with E-state index in [2.05, 4.69) is 10.3 Å². The Hall–Kier alpha value is -4.19. The highest BCUT2D eigenvalue weighted by Gasteiger charge is 2.23. The van der Waals surface area contributed by atoms with Gasteiger partial charge in [0.25, 0.3) is 5.91 Å². The molecule has 0 saturated carbocycles. The minimum atomic E-state index is -0.861. The zero-order valence-corrected chi connectivity index (χ0v) is 18.2. The molecular weight excluding hydrogens is 416 g/mol. The van der Waals surface area contributed by atoms with Crippen LogP contribution in [0.4, 0.5) is 0 Å². The maximum atomic E-state index is 12.8. The summed E-state index contributed by atoms with van der Waals surface area (Å²) in [6.45, 7) is 0.440. The highest BCUT2D eigenvalue weighted by Crippen LogP contribution is 2.17. The average Bonchev–Trinajstić information content (AvgIpc) is 2.87. The van der Waals surface area contributed by atoms with E-state index in [9.17, 15) is 9.59 Å². The van der Waals surface area contributed by atoms with Gasteiger partial charge in [0.15, 0.2) is 0 Å². The second-order valence-corrected chi connectivity index (χ2v) is 7.56. The second kappa shape index (κ2) is 10.4. The van der Waals surface area contributed by atoms with E-state index in [1.165, 1.54) is 7.11 Å². The van der Waals surface area contributed by atoms with E-state index >= 15 is 0 Å². The SMILES string of the molecule is COC(=O)[C@H](Cc1cccc(OCc2ccccc2)c1)NC(=O)c1ccc2ccccc2n1. The van der Waals surface area contributed by atoms with Crippen LogP contribution in [0.2, 0.25) is 0 Å². The van der Waals surface area contributed by atoms with Crippen molar-refractivity contribution in [3.05, 3.63) is 108 Å². The summed E-state index contributed by atoms with van der Waals surface area (Å²) >= 11 is 0. The highest BCUT2D eigenvalue weighted by molar-refractivity contribution is 5.97. The van der Waals surface area contributed by atoms with Crippen LogP contribution in [0.3, 0.4) is 0 Å². The lowest BCUT2D eigenvalue weighted by atomic mass is 10.1. The van der Waals surface area contributed by atoms with Gasteiger partial charge in [-0.2, -0.15) is 0 Å². The van der Waals surface area contributed by atoms with E-state index < -0.39 is 17.9 Å². The Labute approximate surface area is 192 Å². The zero-order valence-electron chi connectivity index (χ0n) is 18.2. The minimum absolute atomic E-state index is 0.238. The van der Waals surface area contributed by atoms with Gasteiger partial charge in [-0.15, -0.1) is 0 Å². The number of methoxy groups -OCH3 is 1. The van der Waals surface area contributed by atoms with Gasteiger partial charge in [0.05, 0.1) is 12.6 Å². The number of hydrogen-bond acceptors (Lipinski definition) is 5. The molecular formula is C27H24N2O4. The van der Waals surface area contributed by atoms with E-state index in [1.807, 2.05) is 84.9 Å². The molecule has 0 fully saturated rings. The predicted molar refractivity (Wildman–Crippen MR) is 126 cm³/mol. The lowest BCUT2D eigenvalue weighted by molar-refractivity contribution is -0.142. The fraction of sp³-hybridized carbons (Fsp3) is 0.148. The van der Waals surface area contributed by atoms with E-state index in [4.69, 9.17) is 9.47 Å². The molecule has 4 rings (SSSR count). The number of carbonyl (C=O) groups excluding carboxylic acids is 2. The van der Waals surface area contributed by atoms with Crippen molar-refractivity contribution >= 4 is 22.8 Å². The first kappa shape index (κ1) is 22.0. The van der Waals surface area contributed by atoms with Crippen LogP contribution in [-0.4, -0.2) is 30.0 Å². The number of esters is 1. The number of aromatic nitrogens is 1. The minimum Gasteiger partial charge on any atom is -0.489 e. The Morgan fingerprint density at radius 3 is 2.45 bits per heavy atom. The van der Waals surface area contributed by atoms with Crippen molar-refractivity contribution in [3.63, 3.8) is 0 Å². The van der Waals surface area contributed by atoms with Crippen molar-refractivity contribution in [3.8, 4) is 5.75 Å². The molecule has 33 heavy (non-hydrogen) atoms. The van der Waals surface area contributed by atoms with Crippen LogP contribution in [-0.2, 0) is 22.6 Å². The molecule has 6 heteroatoms. The van der Waals surface area contributed by atoms with E-state index in [-0.39, 0.29) is 12.1 Å². The smallest absolute Gasteiger partial charge is 0.328 e. The molecule has 4 aromatic rings. The van der Waals surface area contributed by atoms with E-state index in [0.29, 0.717) is 17.9 Å². The van der Waals surface area contributed by atoms with Gasteiger partial charge in [0, 0.05) is 11.8 Å². The van der Waals surface area contributed by atoms with Gasteiger partial charge in [-0.25, -0.2) is 9.78 Å². The summed E-state index contributed by atoms with van der Waals surface area (Å²) in [7, 11) is 1.30.